The molecule has 0 aromatic heterocycles. The summed E-state index contributed by atoms with van der Waals surface area (Å²) in [5.74, 6) is 0.850. The lowest BCUT2D eigenvalue weighted by molar-refractivity contribution is -0.0470. The van der Waals surface area contributed by atoms with E-state index in [-0.39, 0.29) is 6.04 Å². The number of aliphatic hydroxyl groups excluding tert-OH is 2. The molecule has 0 unspecified atom stereocenters. The molecule has 4 nitrogen and oxygen atoms in total. The van der Waals surface area contributed by atoms with Gasteiger partial charge in [-0.1, -0.05) is 25.1 Å². The number of piperidine rings is 1. The van der Waals surface area contributed by atoms with Crippen LogP contribution in [0.4, 0.5) is 0 Å². The topological polar surface area (TPSA) is 56.1 Å². The number of fused-ring (bicyclic) bond motifs is 1. The van der Waals surface area contributed by atoms with Crippen LogP contribution >= 0.6 is 11.8 Å². The highest BCUT2D eigenvalue weighted by molar-refractivity contribution is 8.14. The van der Waals surface area contributed by atoms with Crippen molar-refractivity contribution in [3.63, 3.8) is 0 Å². The van der Waals surface area contributed by atoms with Crippen molar-refractivity contribution in [1.29, 1.82) is 0 Å². The van der Waals surface area contributed by atoms with E-state index in [0.29, 0.717) is 6.42 Å². The summed E-state index contributed by atoms with van der Waals surface area (Å²) in [6, 6.07) is 0.0640. The lowest BCUT2D eigenvalue weighted by atomic mass is 9.98. The number of hydrogen-bond acceptors (Lipinski definition) is 4. The van der Waals surface area contributed by atoms with Crippen LogP contribution in [0.25, 0.3) is 0 Å². The summed E-state index contributed by atoms with van der Waals surface area (Å²) in [6.45, 7) is 3.85. The van der Waals surface area contributed by atoms with Crippen molar-refractivity contribution in [3.05, 3.63) is 0 Å². The highest BCUT2D eigenvalue weighted by Gasteiger charge is 2.41. The molecule has 0 spiro atoms. The van der Waals surface area contributed by atoms with Crippen molar-refractivity contribution in [3.8, 4) is 0 Å². The van der Waals surface area contributed by atoms with Gasteiger partial charge in [-0.15, -0.1) is 0 Å². The molecule has 0 aromatic rings. The first-order chi connectivity index (χ1) is 7.74. The summed E-state index contributed by atoms with van der Waals surface area (Å²) in [7, 11) is 0. The number of aliphatic hydroxyl groups is 2. The van der Waals surface area contributed by atoms with Gasteiger partial charge in [0.15, 0.2) is 5.17 Å². The van der Waals surface area contributed by atoms with Crippen molar-refractivity contribution in [1.82, 2.24) is 4.90 Å². The molecule has 2 heterocycles. The van der Waals surface area contributed by atoms with Gasteiger partial charge in [-0.2, -0.15) is 0 Å². The van der Waals surface area contributed by atoms with Crippen LogP contribution in [0.5, 0.6) is 0 Å². The van der Waals surface area contributed by atoms with Crippen LogP contribution < -0.4 is 0 Å². The van der Waals surface area contributed by atoms with Gasteiger partial charge in [-0.3, -0.25) is 4.99 Å². The summed E-state index contributed by atoms with van der Waals surface area (Å²) < 4.78 is 0. The lowest BCUT2D eigenvalue weighted by Gasteiger charge is -2.37. The second-order valence-corrected chi connectivity index (χ2v) is 5.42. The van der Waals surface area contributed by atoms with Gasteiger partial charge in [0, 0.05) is 18.8 Å². The van der Waals surface area contributed by atoms with E-state index in [1.54, 1.807) is 11.8 Å². The summed E-state index contributed by atoms with van der Waals surface area (Å²) >= 11 is 1.71. The normalized spacial score (nSPS) is 36.8. The minimum Gasteiger partial charge on any atom is -0.390 e. The molecule has 2 aliphatic heterocycles. The molecule has 0 aromatic carbocycles. The zero-order valence-electron chi connectivity index (χ0n) is 9.67. The average molecular weight is 244 g/mol. The maximum absolute atomic E-state index is 9.88. The third-order valence-corrected chi connectivity index (χ3v) is 4.37. The highest BCUT2D eigenvalue weighted by atomic mass is 32.2. The Kier molecular flexibility index (Phi) is 4.10. The molecule has 5 heteroatoms. The summed E-state index contributed by atoms with van der Waals surface area (Å²) in [4.78, 5) is 6.73. The zero-order chi connectivity index (χ0) is 11.5. The molecule has 0 aliphatic carbocycles. The number of unbranched alkanes of at least 4 members (excludes halogenated alkanes) is 1. The predicted molar refractivity (Wildman–Crippen MR) is 66.8 cm³/mol. The SMILES string of the molecule is CCCCN=C1SC[C@@H]2[C@@H](O)[C@H](O)CCN12. The number of thioether (sulfide) groups is 1. The molecule has 16 heavy (non-hydrogen) atoms. The Morgan fingerprint density at radius 3 is 3.06 bits per heavy atom. The van der Waals surface area contributed by atoms with Crippen molar-refractivity contribution >= 4 is 16.9 Å². The maximum Gasteiger partial charge on any atom is 0.159 e. The molecular formula is C11H20N2O2S. The first kappa shape index (κ1) is 12.2. The number of nitrogens with zero attached hydrogens (tertiary/aromatic N) is 2. The third-order valence-electron chi connectivity index (χ3n) is 3.24. The molecule has 92 valence electrons. The fourth-order valence-corrected chi connectivity index (χ4v) is 3.46. The highest BCUT2D eigenvalue weighted by Crippen LogP contribution is 2.31. The molecule has 0 bridgehead atoms. The molecule has 0 saturated carbocycles. The van der Waals surface area contributed by atoms with Crippen LogP contribution in [-0.4, -0.2) is 57.4 Å². The Morgan fingerprint density at radius 1 is 1.50 bits per heavy atom. The zero-order valence-corrected chi connectivity index (χ0v) is 10.5. The third kappa shape index (κ3) is 2.36. The predicted octanol–water partition coefficient (Wildman–Crippen LogP) is 0.685. The van der Waals surface area contributed by atoms with Gasteiger partial charge >= 0.3 is 0 Å². The van der Waals surface area contributed by atoms with E-state index in [4.69, 9.17) is 0 Å². The molecule has 2 rings (SSSR count). The second kappa shape index (κ2) is 5.38. The van der Waals surface area contributed by atoms with Crippen molar-refractivity contribution < 1.29 is 10.2 Å². The van der Waals surface area contributed by atoms with Crippen molar-refractivity contribution in [2.45, 2.75) is 44.4 Å². The Labute approximate surface area is 101 Å². The molecule has 2 saturated heterocycles. The van der Waals surface area contributed by atoms with E-state index in [9.17, 15) is 10.2 Å². The van der Waals surface area contributed by atoms with Crippen LogP contribution in [0.2, 0.25) is 0 Å². The standard InChI is InChI=1S/C11H20N2O2S/c1-2-3-5-12-11-13-6-4-9(14)10(15)8(13)7-16-11/h8-10,14-15H,2-7H2,1H3/t8-,9-,10-/m1/s1. The summed E-state index contributed by atoms with van der Waals surface area (Å²) in [5, 5.41) is 20.5. The second-order valence-electron chi connectivity index (χ2n) is 4.44. The largest absolute Gasteiger partial charge is 0.390 e. The first-order valence-electron chi connectivity index (χ1n) is 6.04. The maximum atomic E-state index is 9.88. The van der Waals surface area contributed by atoms with Gasteiger partial charge in [0.05, 0.1) is 12.1 Å². The van der Waals surface area contributed by atoms with Crippen LogP contribution in [0, 0.1) is 0 Å². The molecule has 0 radical (unpaired) electrons. The fourth-order valence-electron chi connectivity index (χ4n) is 2.19. The quantitative estimate of drug-likeness (QED) is 0.717. The Hall–Kier alpha value is -0.260. The molecule has 2 N–H and O–H groups in total. The van der Waals surface area contributed by atoms with Gasteiger partial charge in [-0.25, -0.2) is 0 Å². The van der Waals surface area contributed by atoms with E-state index < -0.39 is 12.2 Å². The van der Waals surface area contributed by atoms with Gasteiger partial charge in [0.2, 0.25) is 0 Å². The first-order valence-corrected chi connectivity index (χ1v) is 7.02. The molecule has 2 fully saturated rings. The molecular weight excluding hydrogens is 224 g/mol. The van der Waals surface area contributed by atoms with Crippen molar-refractivity contribution in [2.75, 3.05) is 18.8 Å². The van der Waals surface area contributed by atoms with Gasteiger partial charge in [0.1, 0.15) is 6.10 Å². The lowest BCUT2D eigenvalue weighted by Crippen LogP contribution is -2.53. The number of aliphatic imine (C=N–C) groups is 1. The molecule has 3 atom stereocenters. The number of rotatable bonds is 3. The van der Waals surface area contributed by atoms with Crippen LogP contribution in [0.1, 0.15) is 26.2 Å². The van der Waals surface area contributed by atoms with E-state index in [1.807, 2.05) is 0 Å². The Bertz CT molecular complexity index is 273. The average Bonchev–Trinajstić information content (AvgIpc) is 2.68. The Morgan fingerprint density at radius 2 is 2.31 bits per heavy atom. The van der Waals surface area contributed by atoms with Crippen LogP contribution in [0.3, 0.4) is 0 Å². The monoisotopic (exact) mass is 244 g/mol. The smallest absolute Gasteiger partial charge is 0.159 e. The number of hydrogen-bond donors (Lipinski definition) is 2. The van der Waals surface area contributed by atoms with Crippen molar-refractivity contribution in [2.24, 2.45) is 4.99 Å². The van der Waals surface area contributed by atoms with Crippen LogP contribution in [-0.2, 0) is 0 Å². The van der Waals surface area contributed by atoms with E-state index >= 15 is 0 Å². The summed E-state index contributed by atoms with van der Waals surface area (Å²) in [5.41, 5.74) is 0. The molecule has 0 amide bonds. The minimum atomic E-state index is -0.611. The van der Waals surface area contributed by atoms with E-state index in [1.165, 1.54) is 0 Å². The Balaban J connectivity index is 1.98. The minimum absolute atomic E-state index is 0.0640. The van der Waals surface area contributed by atoms with E-state index in [0.717, 1.165) is 36.9 Å². The van der Waals surface area contributed by atoms with E-state index in [2.05, 4.69) is 16.8 Å². The van der Waals surface area contributed by atoms with Gasteiger partial charge in [0.25, 0.3) is 0 Å². The summed E-state index contributed by atoms with van der Waals surface area (Å²) in [6.07, 6.45) is 1.75. The number of amidine groups is 1. The molecule has 2 aliphatic rings. The van der Waals surface area contributed by atoms with Gasteiger partial charge in [-0.05, 0) is 12.8 Å². The van der Waals surface area contributed by atoms with Crippen LogP contribution in [0.15, 0.2) is 4.99 Å². The fraction of sp³-hybridized carbons (Fsp3) is 0.909. The van der Waals surface area contributed by atoms with Gasteiger partial charge < -0.3 is 15.1 Å².